The number of pyridine rings is 1. The first-order valence-electron chi connectivity index (χ1n) is 10.7. The third-order valence-corrected chi connectivity index (χ3v) is 6.16. The van der Waals surface area contributed by atoms with Crippen molar-refractivity contribution in [2.75, 3.05) is 11.5 Å². The van der Waals surface area contributed by atoms with Crippen molar-refractivity contribution in [2.24, 2.45) is 5.92 Å². The Bertz CT molecular complexity index is 1050. The van der Waals surface area contributed by atoms with Crippen molar-refractivity contribution >= 4 is 11.6 Å². The molecule has 2 fully saturated rings. The van der Waals surface area contributed by atoms with Crippen molar-refractivity contribution in [3.63, 3.8) is 0 Å². The quantitative estimate of drug-likeness (QED) is 0.666. The molecule has 4 unspecified atom stereocenters. The molecule has 1 aromatic heterocycles. The van der Waals surface area contributed by atoms with E-state index in [1.54, 1.807) is 6.20 Å². The first-order valence-corrected chi connectivity index (χ1v) is 10.7. The Morgan fingerprint density at radius 1 is 0.968 bits per heavy atom. The molecule has 2 aromatic carbocycles. The Balaban J connectivity index is 1.57. The monoisotopic (exact) mass is 414 g/mol. The van der Waals surface area contributed by atoms with Crippen LogP contribution in [-0.2, 0) is 4.79 Å². The maximum absolute atomic E-state index is 13.6. The summed E-state index contributed by atoms with van der Waals surface area (Å²) in [7, 11) is 0. The number of benzene rings is 2. The van der Waals surface area contributed by atoms with Gasteiger partial charge in [-0.15, -0.1) is 0 Å². The predicted octanol–water partition coefficient (Wildman–Crippen LogP) is 3.71. The smallest absolute Gasteiger partial charge is 0.246 e. The summed E-state index contributed by atoms with van der Waals surface area (Å²) in [6.07, 6.45) is 1.79. The Labute approximate surface area is 182 Å². The summed E-state index contributed by atoms with van der Waals surface area (Å²) in [6.45, 7) is 4.65. The summed E-state index contributed by atoms with van der Waals surface area (Å²) in [5, 5.41) is 0. The van der Waals surface area contributed by atoms with E-state index in [-0.39, 0.29) is 30.0 Å². The van der Waals surface area contributed by atoms with Crippen molar-refractivity contribution in [2.45, 2.75) is 32.0 Å². The molecule has 2 aliphatic rings. The van der Waals surface area contributed by atoms with Gasteiger partial charge in [0.25, 0.3) is 0 Å². The van der Waals surface area contributed by atoms with Gasteiger partial charge in [-0.05, 0) is 55.8 Å². The first kappa shape index (κ1) is 19.7. The molecule has 0 aliphatic carbocycles. The summed E-state index contributed by atoms with van der Waals surface area (Å²) in [6, 6.07) is 21.6. The average molecular weight is 415 g/mol. The SMILES string of the molecule is CCOc1ccc(N2C(=O)C3NNC(c4ccc(C)cc4)C3C2c2ccccn2)cc1. The van der Waals surface area contributed by atoms with Gasteiger partial charge in [0.1, 0.15) is 11.8 Å². The molecule has 2 aliphatic heterocycles. The van der Waals surface area contributed by atoms with E-state index in [2.05, 4.69) is 47.0 Å². The summed E-state index contributed by atoms with van der Waals surface area (Å²) >= 11 is 0. The molecule has 0 saturated carbocycles. The molecule has 2 N–H and O–H groups in total. The number of aromatic nitrogens is 1. The van der Waals surface area contributed by atoms with Crippen molar-refractivity contribution in [3.05, 3.63) is 89.7 Å². The summed E-state index contributed by atoms with van der Waals surface area (Å²) in [4.78, 5) is 20.1. The van der Waals surface area contributed by atoms with Crippen LogP contribution in [0.2, 0.25) is 0 Å². The maximum atomic E-state index is 13.6. The number of fused-ring (bicyclic) bond motifs is 1. The molecule has 0 bridgehead atoms. The molecule has 6 nitrogen and oxygen atoms in total. The van der Waals surface area contributed by atoms with Gasteiger partial charge in [0, 0.05) is 17.8 Å². The fraction of sp³-hybridized carbons (Fsp3) is 0.280. The lowest BCUT2D eigenvalue weighted by Gasteiger charge is -2.30. The third kappa shape index (κ3) is 3.48. The van der Waals surface area contributed by atoms with Crippen LogP contribution in [0.25, 0.3) is 0 Å². The third-order valence-electron chi connectivity index (χ3n) is 6.16. The number of nitrogens with one attached hydrogen (secondary N) is 2. The molecule has 0 radical (unpaired) electrons. The van der Waals surface area contributed by atoms with E-state index in [9.17, 15) is 4.79 Å². The van der Waals surface area contributed by atoms with Crippen LogP contribution in [0.15, 0.2) is 72.9 Å². The number of nitrogens with zero attached hydrogens (tertiary/aromatic N) is 2. The molecule has 31 heavy (non-hydrogen) atoms. The number of hydrazine groups is 1. The van der Waals surface area contributed by atoms with E-state index in [4.69, 9.17) is 4.74 Å². The fourth-order valence-corrected chi connectivity index (χ4v) is 4.73. The number of carbonyl (C=O) groups excluding carboxylic acids is 1. The molecular weight excluding hydrogens is 388 g/mol. The normalized spacial score (nSPS) is 25.0. The summed E-state index contributed by atoms with van der Waals surface area (Å²) in [5.41, 5.74) is 10.8. The Morgan fingerprint density at radius 2 is 1.71 bits per heavy atom. The first-order chi connectivity index (χ1) is 15.2. The van der Waals surface area contributed by atoms with Crippen LogP contribution in [0.4, 0.5) is 5.69 Å². The highest BCUT2D eigenvalue weighted by Gasteiger charge is 2.56. The second-order valence-electron chi connectivity index (χ2n) is 8.07. The van der Waals surface area contributed by atoms with E-state index in [1.807, 2.05) is 54.3 Å². The van der Waals surface area contributed by atoms with Crippen molar-refractivity contribution in [1.82, 2.24) is 15.8 Å². The lowest BCUT2D eigenvalue weighted by molar-refractivity contribution is -0.119. The van der Waals surface area contributed by atoms with Gasteiger partial charge in [-0.1, -0.05) is 35.9 Å². The second-order valence-corrected chi connectivity index (χ2v) is 8.07. The molecule has 0 spiro atoms. The maximum Gasteiger partial charge on any atom is 0.246 e. The largest absolute Gasteiger partial charge is 0.494 e. The molecule has 4 atom stereocenters. The number of aryl methyl sites for hydroxylation is 1. The zero-order chi connectivity index (χ0) is 21.4. The molecule has 5 rings (SSSR count). The summed E-state index contributed by atoms with van der Waals surface area (Å²) in [5.74, 6) is 0.841. The highest BCUT2D eigenvalue weighted by atomic mass is 16.5. The number of anilines is 1. The van der Waals surface area contributed by atoms with Gasteiger partial charge in [0.15, 0.2) is 0 Å². The van der Waals surface area contributed by atoms with Crippen LogP contribution in [-0.4, -0.2) is 23.5 Å². The lowest BCUT2D eigenvalue weighted by Crippen LogP contribution is -2.41. The van der Waals surface area contributed by atoms with Crippen LogP contribution in [0, 0.1) is 12.8 Å². The molecule has 158 valence electrons. The van der Waals surface area contributed by atoms with Gasteiger partial charge in [-0.25, -0.2) is 10.9 Å². The van der Waals surface area contributed by atoms with Crippen LogP contribution >= 0.6 is 0 Å². The standard InChI is InChI=1S/C25H26N4O2/c1-3-31-19-13-11-18(12-14-19)29-24(20-6-4-5-15-26-20)21-22(27-28-23(21)25(29)30)17-9-7-16(2)8-10-17/h4-15,21-24,27-28H,3H2,1-2H3. The van der Waals surface area contributed by atoms with Gasteiger partial charge in [0.2, 0.25) is 5.91 Å². The zero-order valence-corrected chi connectivity index (χ0v) is 17.7. The lowest BCUT2D eigenvalue weighted by atomic mass is 9.84. The number of amides is 1. The minimum atomic E-state index is -0.329. The number of carbonyl (C=O) groups is 1. The van der Waals surface area contributed by atoms with Gasteiger partial charge in [-0.2, -0.15) is 0 Å². The Morgan fingerprint density at radius 3 is 2.39 bits per heavy atom. The number of rotatable bonds is 5. The van der Waals surface area contributed by atoms with E-state index in [0.29, 0.717) is 6.61 Å². The van der Waals surface area contributed by atoms with Gasteiger partial charge in [-0.3, -0.25) is 9.78 Å². The van der Waals surface area contributed by atoms with Crippen LogP contribution in [0.3, 0.4) is 0 Å². The molecule has 6 heteroatoms. The van der Waals surface area contributed by atoms with Gasteiger partial charge >= 0.3 is 0 Å². The van der Waals surface area contributed by atoms with Crippen LogP contribution in [0.5, 0.6) is 5.75 Å². The zero-order valence-electron chi connectivity index (χ0n) is 17.7. The molecule has 3 aromatic rings. The second kappa shape index (κ2) is 8.13. The Hall–Kier alpha value is -3.22. The van der Waals surface area contributed by atoms with Gasteiger partial charge in [0.05, 0.1) is 24.4 Å². The molecule has 2 saturated heterocycles. The minimum Gasteiger partial charge on any atom is -0.494 e. The summed E-state index contributed by atoms with van der Waals surface area (Å²) < 4.78 is 5.58. The van der Waals surface area contributed by atoms with E-state index in [0.717, 1.165) is 22.7 Å². The molecule has 1 amide bonds. The van der Waals surface area contributed by atoms with Crippen molar-refractivity contribution in [3.8, 4) is 5.75 Å². The topological polar surface area (TPSA) is 66.5 Å². The predicted molar refractivity (Wildman–Crippen MR) is 120 cm³/mol. The Kier molecular flexibility index (Phi) is 5.18. The minimum absolute atomic E-state index is 0.00308. The van der Waals surface area contributed by atoms with Gasteiger partial charge < -0.3 is 9.64 Å². The van der Waals surface area contributed by atoms with Crippen LogP contribution < -0.4 is 20.5 Å². The highest BCUT2D eigenvalue weighted by Crippen LogP contribution is 2.48. The van der Waals surface area contributed by atoms with Crippen LogP contribution in [0.1, 0.15) is 35.8 Å². The number of hydrogen-bond donors (Lipinski definition) is 2. The molecular formula is C25H26N4O2. The highest BCUT2D eigenvalue weighted by molar-refractivity contribution is 6.01. The molecule has 3 heterocycles. The number of hydrogen-bond acceptors (Lipinski definition) is 5. The van der Waals surface area contributed by atoms with E-state index < -0.39 is 0 Å². The van der Waals surface area contributed by atoms with E-state index >= 15 is 0 Å². The van der Waals surface area contributed by atoms with Crippen molar-refractivity contribution in [1.29, 1.82) is 0 Å². The fourth-order valence-electron chi connectivity index (χ4n) is 4.73. The van der Waals surface area contributed by atoms with E-state index in [1.165, 1.54) is 5.56 Å². The van der Waals surface area contributed by atoms with Crippen molar-refractivity contribution < 1.29 is 9.53 Å². The number of ether oxygens (including phenoxy) is 1. The average Bonchev–Trinajstić information content (AvgIpc) is 3.35.